The molecule has 0 aliphatic carbocycles. The van der Waals surface area contributed by atoms with Crippen LogP contribution >= 0.6 is 11.6 Å². The van der Waals surface area contributed by atoms with Crippen molar-refractivity contribution in [1.82, 2.24) is 9.97 Å². The minimum atomic E-state index is -0.153. The van der Waals surface area contributed by atoms with E-state index < -0.39 is 0 Å². The third-order valence-electron chi connectivity index (χ3n) is 4.11. The van der Waals surface area contributed by atoms with E-state index in [4.69, 9.17) is 11.6 Å². The van der Waals surface area contributed by atoms with Crippen LogP contribution < -0.4 is 10.2 Å². The summed E-state index contributed by atoms with van der Waals surface area (Å²) in [6.07, 6.45) is 1.59. The third kappa shape index (κ3) is 4.83. The summed E-state index contributed by atoms with van der Waals surface area (Å²) in [5, 5.41) is 3.84. The number of hydrogen-bond donors (Lipinski definition) is 1. The summed E-state index contributed by atoms with van der Waals surface area (Å²) in [4.78, 5) is 23.2. The van der Waals surface area contributed by atoms with Gasteiger partial charge >= 0.3 is 0 Å². The molecule has 0 saturated heterocycles. The monoisotopic (exact) mass is 380 g/mol. The standard InChI is InChI=1S/C21H21ClN4O/c1-3-26(18-6-4-5-15(2)13-18)20(27)19-11-12-23-21(25-19)24-14-16-7-9-17(22)10-8-16/h4-13H,3,14H2,1-2H3,(H,23,24,25). The maximum Gasteiger partial charge on any atom is 0.277 e. The van der Waals surface area contributed by atoms with Crippen LogP contribution in [0.3, 0.4) is 0 Å². The van der Waals surface area contributed by atoms with E-state index >= 15 is 0 Å². The number of carbonyl (C=O) groups excluding carboxylic acids is 1. The zero-order chi connectivity index (χ0) is 19.2. The first-order chi connectivity index (χ1) is 13.1. The van der Waals surface area contributed by atoms with Crippen molar-refractivity contribution in [3.8, 4) is 0 Å². The largest absolute Gasteiger partial charge is 0.350 e. The number of amides is 1. The quantitative estimate of drug-likeness (QED) is 0.672. The number of hydrogen-bond acceptors (Lipinski definition) is 4. The molecule has 0 unspecified atom stereocenters. The molecule has 0 atom stereocenters. The lowest BCUT2D eigenvalue weighted by atomic mass is 10.2. The summed E-state index contributed by atoms with van der Waals surface area (Å²) in [6.45, 7) is 5.05. The highest BCUT2D eigenvalue weighted by atomic mass is 35.5. The first-order valence-electron chi connectivity index (χ1n) is 8.76. The van der Waals surface area contributed by atoms with E-state index in [1.54, 1.807) is 17.2 Å². The Labute approximate surface area is 164 Å². The van der Waals surface area contributed by atoms with E-state index in [1.165, 1.54) is 0 Å². The Balaban J connectivity index is 1.75. The molecule has 0 saturated carbocycles. The van der Waals surface area contributed by atoms with Crippen molar-refractivity contribution >= 4 is 29.1 Å². The lowest BCUT2D eigenvalue weighted by molar-refractivity contribution is 0.0983. The van der Waals surface area contributed by atoms with Crippen LogP contribution in [-0.2, 0) is 6.54 Å². The zero-order valence-electron chi connectivity index (χ0n) is 15.3. The first-order valence-corrected chi connectivity index (χ1v) is 9.14. The molecule has 6 heteroatoms. The van der Waals surface area contributed by atoms with Gasteiger partial charge in [0.25, 0.3) is 5.91 Å². The number of nitrogens with one attached hydrogen (secondary N) is 1. The second kappa shape index (κ2) is 8.64. The van der Waals surface area contributed by atoms with Gasteiger partial charge in [-0.15, -0.1) is 0 Å². The molecule has 0 fully saturated rings. The van der Waals surface area contributed by atoms with Gasteiger partial charge < -0.3 is 10.2 Å². The highest BCUT2D eigenvalue weighted by Crippen LogP contribution is 2.18. The van der Waals surface area contributed by atoms with E-state index in [-0.39, 0.29) is 5.91 Å². The molecule has 0 radical (unpaired) electrons. The van der Waals surface area contributed by atoms with Gasteiger partial charge in [0.15, 0.2) is 0 Å². The minimum Gasteiger partial charge on any atom is -0.350 e. The summed E-state index contributed by atoms with van der Waals surface area (Å²) >= 11 is 5.90. The fraction of sp³-hybridized carbons (Fsp3) is 0.190. The highest BCUT2D eigenvalue weighted by molar-refractivity contribution is 6.30. The van der Waals surface area contributed by atoms with Crippen LogP contribution in [0.1, 0.15) is 28.5 Å². The predicted octanol–water partition coefficient (Wildman–Crippen LogP) is 4.72. The number of anilines is 2. The molecular formula is C21H21ClN4O. The average Bonchev–Trinajstić information content (AvgIpc) is 2.68. The van der Waals surface area contributed by atoms with Gasteiger partial charge in [0.1, 0.15) is 5.69 Å². The number of rotatable bonds is 6. The van der Waals surface area contributed by atoms with E-state index in [1.807, 2.05) is 62.4 Å². The van der Waals surface area contributed by atoms with Gasteiger partial charge in [-0.3, -0.25) is 4.79 Å². The molecule has 138 valence electrons. The molecule has 1 N–H and O–H groups in total. The molecule has 0 spiro atoms. The van der Waals surface area contributed by atoms with Crippen molar-refractivity contribution in [1.29, 1.82) is 0 Å². The molecule has 1 aromatic heterocycles. The van der Waals surface area contributed by atoms with Crippen molar-refractivity contribution in [3.63, 3.8) is 0 Å². The van der Waals surface area contributed by atoms with Crippen molar-refractivity contribution in [3.05, 3.63) is 82.6 Å². The number of halogens is 1. The second-order valence-electron chi connectivity index (χ2n) is 6.13. The molecule has 27 heavy (non-hydrogen) atoms. The van der Waals surface area contributed by atoms with Crippen molar-refractivity contribution in [2.75, 3.05) is 16.8 Å². The Morgan fingerprint density at radius 2 is 1.93 bits per heavy atom. The number of carbonyl (C=O) groups is 1. The van der Waals surface area contributed by atoms with Gasteiger partial charge in [0.05, 0.1) is 0 Å². The van der Waals surface area contributed by atoms with Crippen molar-refractivity contribution in [2.24, 2.45) is 0 Å². The molecule has 3 rings (SSSR count). The topological polar surface area (TPSA) is 58.1 Å². The lowest BCUT2D eigenvalue weighted by Crippen LogP contribution is -2.31. The van der Waals surface area contributed by atoms with Crippen LogP contribution in [0, 0.1) is 6.92 Å². The molecule has 0 aliphatic rings. The fourth-order valence-corrected chi connectivity index (χ4v) is 2.85. The Morgan fingerprint density at radius 3 is 2.63 bits per heavy atom. The van der Waals surface area contributed by atoms with Crippen LogP contribution in [0.2, 0.25) is 5.02 Å². The van der Waals surface area contributed by atoms with Crippen molar-refractivity contribution in [2.45, 2.75) is 20.4 Å². The van der Waals surface area contributed by atoms with Gasteiger partial charge in [0, 0.05) is 30.0 Å². The average molecular weight is 381 g/mol. The van der Waals surface area contributed by atoms with Crippen molar-refractivity contribution < 1.29 is 4.79 Å². The number of benzene rings is 2. The molecule has 2 aromatic carbocycles. The molecule has 1 amide bonds. The molecule has 0 aliphatic heterocycles. The van der Waals surface area contributed by atoms with E-state index in [0.717, 1.165) is 16.8 Å². The van der Waals surface area contributed by atoms with Crippen LogP contribution in [0.25, 0.3) is 0 Å². The maximum atomic E-state index is 12.9. The van der Waals surface area contributed by atoms with E-state index in [0.29, 0.717) is 29.8 Å². The van der Waals surface area contributed by atoms with Gasteiger partial charge in [-0.05, 0) is 55.3 Å². The van der Waals surface area contributed by atoms with E-state index in [2.05, 4.69) is 15.3 Å². The Kier molecular flexibility index (Phi) is 6.04. The molecule has 0 bridgehead atoms. The Hall–Kier alpha value is -2.92. The smallest absolute Gasteiger partial charge is 0.277 e. The highest BCUT2D eigenvalue weighted by Gasteiger charge is 2.18. The molecule has 3 aromatic rings. The zero-order valence-corrected chi connectivity index (χ0v) is 16.1. The lowest BCUT2D eigenvalue weighted by Gasteiger charge is -2.21. The predicted molar refractivity (Wildman–Crippen MR) is 109 cm³/mol. The van der Waals surface area contributed by atoms with Gasteiger partial charge in [0.2, 0.25) is 5.95 Å². The SMILES string of the molecule is CCN(C(=O)c1ccnc(NCc2ccc(Cl)cc2)n1)c1cccc(C)c1. The third-order valence-corrected chi connectivity index (χ3v) is 4.37. The Morgan fingerprint density at radius 1 is 1.15 bits per heavy atom. The normalized spacial score (nSPS) is 10.5. The van der Waals surface area contributed by atoms with Crippen LogP contribution in [-0.4, -0.2) is 22.4 Å². The summed E-state index contributed by atoms with van der Waals surface area (Å²) in [5.41, 5.74) is 3.37. The molecule has 1 heterocycles. The number of aromatic nitrogens is 2. The van der Waals surface area contributed by atoms with Crippen LogP contribution in [0.15, 0.2) is 60.8 Å². The van der Waals surface area contributed by atoms with Crippen LogP contribution in [0.5, 0.6) is 0 Å². The molecule has 5 nitrogen and oxygen atoms in total. The van der Waals surface area contributed by atoms with E-state index in [9.17, 15) is 4.79 Å². The number of aryl methyl sites for hydroxylation is 1. The minimum absolute atomic E-state index is 0.153. The summed E-state index contributed by atoms with van der Waals surface area (Å²) < 4.78 is 0. The second-order valence-corrected chi connectivity index (χ2v) is 6.57. The van der Waals surface area contributed by atoms with Crippen LogP contribution in [0.4, 0.5) is 11.6 Å². The summed E-state index contributed by atoms with van der Waals surface area (Å²) in [5.74, 6) is 0.260. The van der Waals surface area contributed by atoms with Gasteiger partial charge in [-0.25, -0.2) is 9.97 Å². The maximum absolute atomic E-state index is 12.9. The number of nitrogens with zero attached hydrogens (tertiary/aromatic N) is 3. The summed E-state index contributed by atoms with van der Waals surface area (Å²) in [7, 11) is 0. The van der Waals surface area contributed by atoms with Gasteiger partial charge in [-0.2, -0.15) is 0 Å². The Bertz CT molecular complexity index is 927. The first kappa shape index (κ1) is 18.9. The fourth-order valence-electron chi connectivity index (χ4n) is 2.72. The molecular weight excluding hydrogens is 360 g/mol. The van der Waals surface area contributed by atoms with Gasteiger partial charge in [-0.1, -0.05) is 35.9 Å². The summed E-state index contributed by atoms with van der Waals surface area (Å²) in [6, 6.07) is 17.0.